The van der Waals surface area contributed by atoms with Crippen molar-refractivity contribution in [2.75, 3.05) is 19.7 Å². The van der Waals surface area contributed by atoms with Crippen LogP contribution in [0.1, 0.15) is 31.8 Å². The van der Waals surface area contributed by atoms with Gasteiger partial charge in [-0.25, -0.2) is 9.67 Å². The zero-order valence-corrected chi connectivity index (χ0v) is 8.60. The van der Waals surface area contributed by atoms with Crippen LogP contribution in [0.5, 0.6) is 0 Å². The number of hydrogen-bond donors (Lipinski definition) is 1. The molecule has 1 atom stereocenters. The summed E-state index contributed by atoms with van der Waals surface area (Å²) in [5, 5.41) is 7.47. The van der Waals surface area contributed by atoms with Crippen LogP contribution in [0, 0.1) is 0 Å². The van der Waals surface area contributed by atoms with Crippen molar-refractivity contribution >= 4 is 0 Å². The summed E-state index contributed by atoms with van der Waals surface area (Å²) in [4.78, 5) is 4.25. The van der Waals surface area contributed by atoms with Crippen molar-refractivity contribution in [1.82, 2.24) is 20.1 Å². The Morgan fingerprint density at radius 2 is 2.50 bits per heavy atom. The van der Waals surface area contributed by atoms with Gasteiger partial charge in [-0.05, 0) is 13.8 Å². The molecule has 2 rings (SSSR count). The Labute approximate surface area is 83.5 Å². The molecule has 1 aromatic rings. The topological polar surface area (TPSA) is 52.0 Å². The van der Waals surface area contributed by atoms with Gasteiger partial charge in [0.1, 0.15) is 12.4 Å². The molecule has 1 aliphatic heterocycles. The van der Waals surface area contributed by atoms with E-state index in [1.165, 1.54) is 0 Å². The van der Waals surface area contributed by atoms with Crippen molar-refractivity contribution < 1.29 is 4.74 Å². The van der Waals surface area contributed by atoms with Crippen LogP contribution >= 0.6 is 0 Å². The van der Waals surface area contributed by atoms with Gasteiger partial charge in [-0.1, -0.05) is 0 Å². The average Bonchev–Trinajstić information content (AvgIpc) is 2.67. The number of nitrogens with one attached hydrogen (secondary N) is 1. The SMILES string of the molecule is CC(C)n1ncnc1C1CNCCO1. The Bertz CT molecular complexity index is 291. The van der Waals surface area contributed by atoms with Gasteiger partial charge in [0, 0.05) is 19.1 Å². The summed E-state index contributed by atoms with van der Waals surface area (Å²) in [6.07, 6.45) is 1.64. The lowest BCUT2D eigenvalue weighted by Gasteiger charge is -2.24. The van der Waals surface area contributed by atoms with Crippen LogP contribution in [0.25, 0.3) is 0 Å². The van der Waals surface area contributed by atoms with Gasteiger partial charge < -0.3 is 10.1 Å². The average molecular weight is 196 g/mol. The van der Waals surface area contributed by atoms with E-state index in [0.29, 0.717) is 6.04 Å². The molecule has 1 N–H and O–H groups in total. The van der Waals surface area contributed by atoms with Crippen molar-refractivity contribution in [2.45, 2.75) is 26.0 Å². The fourth-order valence-electron chi connectivity index (χ4n) is 1.62. The summed E-state index contributed by atoms with van der Waals surface area (Å²) in [6.45, 7) is 6.68. The first-order valence-electron chi connectivity index (χ1n) is 5.00. The van der Waals surface area contributed by atoms with E-state index >= 15 is 0 Å². The van der Waals surface area contributed by atoms with Crippen molar-refractivity contribution in [3.63, 3.8) is 0 Å². The molecule has 0 spiro atoms. The van der Waals surface area contributed by atoms with Crippen LogP contribution in [-0.2, 0) is 4.74 Å². The lowest BCUT2D eigenvalue weighted by atomic mass is 10.2. The Kier molecular flexibility index (Phi) is 2.79. The van der Waals surface area contributed by atoms with Gasteiger partial charge in [0.2, 0.25) is 0 Å². The van der Waals surface area contributed by atoms with E-state index in [4.69, 9.17) is 4.74 Å². The van der Waals surface area contributed by atoms with Crippen LogP contribution in [0.3, 0.4) is 0 Å². The van der Waals surface area contributed by atoms with Crippen LogP contribution in [0.15, 0.2) is 6.33 Å². The third kappa shape index (κ3) is 1.78. The van der Waals surface area contributed by atoms with Crippen LogP contribution in [0.2, 0.25) is 0 Å². The second kappa shape index (κ2) is 4.06. The van der Waals surface area contributed by atoms with E-state index in [2.05, 4.69) is 29.2 Å². The molecule has 0 bridgehead atoms. The zero-order chi connectivity index (χ0) is 9.97. The Balaban J connectivity index is 2.17. The molecule has 1 fully saturated rings. The first-order chi connectivity index (χ1) is 6.79. The Hall–Kier alpha value is -0.940. The summed E-state index contributed by atoms with van der Waals surface area (Å²) in [6, 6.07) is 0.332. The zero-order valence-electron chi connectivity index (χ0n) is 8.60. The molecular formula is C9H16N4O. The minimum absolute atomic E-state index is 0.0497. The van der Waals surface area contributed by atoms with E-state index in [9.17, 15) is 0 Å². The maximum atomic E-state index is 5.63. The lowest BCUT2D eigenvalue weighted by Crippen LogP contribution is -2.35. The molecule has 1 aromatic heterocycles. The Morgan fingerprint density at radius 3 is 3.14 bits per heavy atom. The molecule has 5 heteroatoms. The second-order valence-corrected chi connectivity index (χ2v) is 3.72. The summed E-state index contributed by atoms with van der Waals surface area (Å²) >= 11 is 0. The summed E-state index contributed by atoms with van der Waals surface area (Å²) in [5.74, 6) is 0.923. The van der Waals surface area contributed by atoms with Crippen molar-refractivity contribution in [3.05, 3.63) is 12.2 Å². The lowest BCUT2D eigenvalue weighted by molar-refractivity contribution is 0.0186. The van der Waals surface area contributed by atoms with E-state index in [-0.39, 0.29) is 6.10 Å². The quantitative estimate of drug-likeness (QED) is 0.749. The van der Waals surface area contributed by atoms with E-state index in [1.54, 1.807) is 6.33 Å². The largest absolute Gasteiger partial charge is 0.368 e. The maximum absolute atomic E-state index is 5.63. The normalized spacial score (nSPS) is 22.9. The molecule has 14 heavy (non-hydrogen) atoms. The van der Waals surface area contributed by atoms with E-state index in [1.807, 2.05) is 4.68 Å². The van der Waals surface area contributed by atoms with Gasteiger partial charge in [0.25, 0.3) is 0 Å². The molecule has 0 amide bonds. The third-order valence-electron chi connectivity index (χ3n) is 2.31. The number of aromatic nitrogens is 3. The summed E-state index contributed by atoms with van der Waals surface area (Å²) < 4.78 is 7.54. The fourth-order valence-corrected chi connectivity index (χ4v) is 1.62. The predicted octanol–water partition coefficient (Wildman–Crippen LogP) is 0.520. The molecular weight excluding hydrogens is 180 g/mol. The van der Waals surface area contributed by atoms with Gasteiger partial charge >= 0.3 is 0 Å². The first kappa shape index (κ1) is 9.61. The monoisotopic (exact) mass is 196 g/mol. The maximum Gasteiger partial charge on any atom is 0.157 e. The molecule has 0 aliphatic carbocycles. The van der Waals surface area contributed by atoms with Crippen LogP contribution < -0.4 is 5.32 Å². The number of ether oxygens (including phenoxy) is 1. The van der Waals surface area contributed by atoms with Crippen molar-refractivity contribution in [3.8, 4) is 0 Å². The van der Waals surface area contributed by atoms with E-state index in [0.717, 1.165) is 25.5 Å². The highest BCUT2D eigenvalue weighted by Crippen LogP contribution is 2.18. The van der Waals surface area contributed by atoms with Crippen molar-refractivity contribution in [1.29, 1.82) is 0 Å². The van der Waals surface area contributed by atoms with Gasteiger partial charge in [-0.2, -0.15) is 5.10 Å². The molecule has 5 nitrogen and oxygen atoms in total. The standard InChI is InChI=1S/C9H16N4O/c1-7(2)13-9(11-6-12-13)8-5-10-3-4-14-8/h6-8,10H,3-5H2,1-2H3. The van der Waals surface area contributed by atoms with Crippen molar-refractivity contribution in [2.24, 2.45) is 0 Å². The molecule has 78 valence electrons. The predicted molar refractivity (Wildman–Crippen MR) is 52.0 cm³/mol. The van der Waals surface area contributed by atoms with Gasteiger partial charge in [0.15, 0.2) is 5.82 Å². The minimum atomic E-state index is 0.0497. The fraction of sp³-hybridized carbons (Fsp3) is 0.778. The molecule has 1 aliphatic rings. The highest BCUT2D eigenvalue weighted by Gasteiger charge is 2.21. The highest BCUT2D eigenvalue weighted by molar-refractivity contribution is 4.94. The van der Waals surface area contributed by atoms with Gasteiger partial charge in [-0.3, -0.25) is 0 Å². The van der Waals surface area contributed by atoms with Gasteiger partial charge in [-0.15, -0.1) is 0 Å². The molecule has 0 radical (unpaired) electrons. The molecule has 1 saturated heterocycles. The molecule has 2 heterocycles. The molecule has 0 saturated carbocycles. The molecule has 0 aromatic carbocycles. The Morgan fingerprint density at radius 1 is 1.64 bits per heavy atom. The van der Waals surface area contributed by atoms with E-state index < -0.39 is 0 Å². The molecule has 1 unspecified atom stereocenters. The number of hydrogen-bond acceptors (Lipinski definition) is 4. The smallest absolute Gasteiger partial charge is 0.157 e. The van der Waals surface area contributed by atoms with Crippen LogP contribution in [-0.4, -0.2) is 34.5 Å². The first-order valence-corrected chi connectivity index (χ1v) is 5.00. The summed E-state index contributed by atoms with van der Waals surface area (Å²) in [7, 11) is 0. The number of rotatable bonds is 2. The van der Waals surface area contributed by atoms with Crippen LogP contribution in [0.4, 0.5) is 0 Å². The second-order valence-electron chi connectivity index (χ2n) is 3.72. The number of morpholine rings is 1. The summed E-state index contributed by atoms with van der Waals surface area (Å²) in [5.41, 5.74) is 0. The minimum Gasteiger partial charge on any atom is -0.368 e. The highest BCUT2D eigenvalue weighted by atomic mass is 16.5. The number of nitrogens with zero attached hydrogens (tertiary/aromatic N) is 3. The third-order valence-corrected chi connectivity index (χ3v) is 2.31. The van der Waals surface area contributed by atoms with Gasteiger partial charge in [0.05, 0.1) is 6.61 Å².